The monoisotopic (exact) mass is 281 g/mol. The van der Waals surface area contributed by atoms with Crippen molar-refractivity contribution in [1.82, 2.24) is 14.7 Å². The van der Waals surface area contributed by atoms with Gasteiger partial charge in [0.1, 0.15) is 0 Å². The minimum atomic E-state index is 0.831. The summed E-state index contributed by atoms with van der Waals surface area (Å²) in [6.45, 7) is 4.59. The Morgan fingerprint density at radius 3 is 2.95 bits per heavy atom. The van der Waals surface area contributed by atoms with E-state index in [2.05, 4.69) is 51.1 Å². The van der Waals surface area contributed by atoms with Gasteiger partial charge in [0, 0.05) is 25.8 Å². The fourth-order valence-electron chi connectivity index (χ4n) is 3.04. The molecule has 4 rings (SSSR count). The van der Waals surface area contributed by atoms with Crippen LogP contribution in [0.25, 0.3) is 11.8 Å². The van der Waals surface area contributed by atoms with Crippen LogP contribution in [-0.4, -0.2) is 41.0 Å². The highest BCUT2D eigenvalue weighted by atomic mass is 16.5. The van der Waals surface area contributed by atoms with Gasteiger partial charge in [0.15, 0.2) is 0 Å². The zero-order valence-electron chi connectivity index (χ0n) is 12.0. The molecule has 0 saturated carbocycles. The first-order valence-electron chi connectivity index (χ1n) is 7.53. The average molecular weight is 281 g/mol. The zero-order chi connectivity index (χ0) is 14.1. The summed E-state index contributed by atoms with van der Waals surface area (Å²) in [5, 5.41) is 4.51. The summed E-state index contributed by atoms with van der Waals surface area (Å²) >= 11 is 0. The lowest BCUT2D eigenvalue weighted by Gasteiger charge is -2.26. The quantitative estimate of drug-likeness (QED) is 0.864. The van der Waals surface area contributed by atoms with Gasteiger partial charge in [-0.25, -0.2) is 4.68 Å². The number of hydrogen-bond acceptors (Lipinski definition) is 3. The molecule has 0 N–H and O–H groups in total. The molecular weight excluding hydrogens is 262 g/mol. The smallest absolute Gasteiger partial charge is 0.0655 e. The molecule has 1 saturated heterocycles. The Hall–Kier alpha value is -1.91. The molecule has 2 heterocycles. The molecule has 0 bridgehead atoms. The van der Waals surface area contributed by atoms with E-state index < -0.39 is 0 Å². The molecule has 0 radical (unpaired) electrons. The van der Waals surface area contributed by atoms with Gasteiger partial charge in [0.2, 0.25) is 0 Å². The second-order valence-corrected chi connectivity index (χ2v) is 5.61. The lowest BCUT2D eigenvalue weighted by atomic mass is 10.1. The summed E-state index contributed by atoms with van der Waals surface area (Å²) in [7, 11) is 0. The predicted octanol–water partition coefficient (Wildman–Crippen LogP) is 2.27. The predicted molar refractivity (Wildman–Crippen MR) is 82.4 cm³/mol. The van der Waals surface area contributed by atoms with E-state index in [9.17, 15) is 0 Å². The maximum absolute atomic E-state index is 5.41. The SMILES string of the molecule is C1=Cc2cc(-n3nccc3CN3CCOCC3)ccc2C1. The first-order chi connectivity index (χ1) is 10.4. The van der Waals surface area contributed by atoms with Crippen molar-refractivity contribution in [3.8, 4) is 5.69 Å². The molecule has 1 aliphatic carbocycles. The van der Waals surface area contributed by atoms with E-state index in [0.717, 1.165) is 45.0 Å². The third-order valence-corrected chi connectivity index (χ3v) is 4.22. The number of allylic oxidation sites excluding steroid dienone is 1. The van der Waals surface area contributed by atoms with Gasteiger partial charge in [-0.2, -0.15) is 5.10 Å². The van der Waals surface area contributed by atoms with Crippen LogP contribution in [0.5, 0.6) is 0 Å². The minimum Gasteiger partial charge on any atom is -0.379 e. The molecule has 1 aromatic heterocycles. The van der Waals surface area contributed by atoms with Crippen molar-refractivity contribution < 1.29 is 4.74 Å². The Kier molecular flexibility index (Phi) is 3.33. The van der Waals surface area contributed by atoms with Crippen molar-refractivity contribution in [1.29, 1.82) is 0 Å². The van der Waals surface area contributed by atoms with Gasteiger partial charge >= 0.3 is 0 Å². The average Bonchev–Trinajstić information content (AvgIpc) is 3.16. The third kappa shape index (κ3) is 2.52. The molecule has 0 amide bonds. The maximum atomic E-state index is 5.41. The van der Waals surface area contributed by atoms with Crippen LogP contribution >= 0.6 is 0 Å². The summed E-state index contributed by atoms with van der Waals surface area (Å²) in [4.78, 5) is 2.42. The summed E-state index contributed by atoms with van der Waals surface area (Å²) in [5.41, 5.74) is 5.10. The van der Waals surface area contributed by atoms with Gasteiger partial charge in [0.05, 0.1) is 24.6 Å². The zero-order valence-corrected chi connectivity index (χ0v) is 12.0. The summed E-state index contributed by atoms with van der Waals surface area (Å²) in [5.74, 6) is 0. The van der Waals surface area contributed by atoms with Gasteiger partial charge in [-0.15, -0.1) is 0 Å². The number of benzene rings is 1. The van der Waals surface area contributed by atoms with Crippen molar-refractivity contribution in [2.75, 3.05) is 26.3 Å². The highest BCUT2D eigenvalue weighted by molar-refractivity contribution is 5.62. The Morgan fingerprint density at radius 2 is 2.05 bits per heavy atom. The minimum absolute atomic E-state index is 0.831. The van der Waals surface area contributed by atoms with Crippen molar-refractivity contribution in [2.24, 2.45) is 0 Å². The van der Waals surface area contributed by atoms with Crippen LogP contribution in [0.4, 0.5) is 0 Å². The van der Waals surface area contributed by atoms with Crippen LogP contribution < -0.4 is 0 Å². The molecular formula is C17H19N3O. The van der Waals surface area contributed by atoms with Crippen LogP contribution in [0.15, 0.2) is 36.5 Å². The standard InChI is InChI=1S/C17H19N3O/c1-2-14-4-5-16(12-15(14)3-1)20-17(6-7-18-20)13-19-8-10-21-11-9-19/h1,3-7,12H,2,8-11,13H2. The topological polar surface area (TPSA) is 30.3 Å². The van der Waals surface area contributed by atoms with Gasteiger partial charge in [-0.1, -0.05) is 18.2 Å². The molecule has 108 valence electrons. The Bertz CT molecular complexity index is 668. The number of aromatic nitrogens is 2. The highest BCUT2D eigenvalue weighted by Crippen LogP contribution is 2.23. The van der Waals surface area contributed by atoms with Crippen molar-refractivity contribution >= 4 is 6.08 Å². The van der Waals surface area contributed by atoms with Crippen LogP contribution in [0.2, 0.25) is 0 Å². The van der Waals surface area contributed by atoms with E-state index in [1.807, 2.05) is 6.20 Å². The Balaban J connectivity index is 1.60. The largest absolute Gasteiger partial charge is 0.379 e. The number of nitrogens with zero attached hydrogens (tertiary/aromatic N) is 3. The van der Waals surface area contributed by atoms with E-state index in [4.69, 9.17) is 4.74 Å². The fourth-order valence-corrected chi connectivity index (χ4v) is 3.04. The van der Waals surface area contributed by atoms with Gasteiger partial charge in [-0.3, -0.25) is 4.90 Å². The van der Waals surface area contributed by atoms with Gasteiger partial charge in [-0.05, 0) is 35.7 Å². The Labute approximate surface area is 124 Å². The van der Waals surface area contributed by atoms with E-state index in [-0.39, 0.29) is 0 Å². The second-order valence-electron chi connectivity index (χ2n) is 5.61. The van der Waals surface area contributed by atoms with E-state index in [0.29, 0.717) is 0 Å². The van der Waals surface area contributed by atoms with E-state index in [1.165, 1.54) is 16.8 Å². The van der Waals surface area contributed by atoms with Crippen molar-refractivity contribution in [2.45, 2.75) is 13.0 Å². The summed E-state index contributed by atoms with van der Waals surface area (Å²) in [6.07, 6.45) is 7.35. The number of rotatable bonds is 3. The third-order valence-electron chi connectivity index (χ3n) is 4.22. The molecule has 4 nitrogen and oxygen atoms in total. The maximum Gasteiger partial charge on any atom is 0.0655 e. The lowest BCUT2D eigenvalue weighted by molar-refractivity contribution is 0.0333. The molecule has 0 spiro atoms. The molecule has 1 aliphatic heterocycles. The van der Waals surface area contributed by atoms with Crippen molar-refractivity contribution in [3.63, 3.8) is 0 Å². The molecule has 1 fully saturated rings. The van der Waals surface area contributed by atoms with Crippen LogP contribution in [0.3, 0.4) is 0 Å². The normalized spacial score (nSPS) is 18.1. The molecule has 21 heavy (non-hydrogen) atoms. The first-order valence-corrected chi connectivity index (χ1v) is 7.53. The summed E-state index contributed by atoms with van der Waals surface area (Å²) in [6, 6.07) is 8.72. The summed E-state index contributed by atoms with van der Waals surface area (Å²) < 4.78 is 7.47. The molecule has 0 unspecified atom stereocenters. The number of fused-ring (bicyclic) bond motifs is 1. The van der Waals surface area contributed by atoms with Gasteiger partial charge in [0.25, 0.3) is 0 Å². The fraction of sp³-hybridized carbons (Fsp3) is 0.353. The lowest BCUT2D eigenvalue weighted by Crippen LogP contribution is -2.36. The van der Waals surface area contributed by atoms with Crippen LogP contribution in [0.1, 0.15) is 16.8 Å². The van der Waals surface area contributed by atoms with Crippen LogP contribution in [0, 0.1) is 0 Å². The van der Waals surface area contributed by atoms with Crippen molar-refractivity contribution in [3.05, 3.63) is 53.4 Å². The number of ether oxygens (including phenoxy) is 1. The van der Waals surface area contributed by atoms with Crippen LogP contribution in [-0.2, 0) is 17.7 Å². The Morgan fingerprint density at radius 1 is 1.14 bits per heavy atom. The number of hydrogen-bond donors (Lipinski definition) is 0. The molecule has 1 aromatic carbocycles. The molecule has 2 aromatic rings. The molecule has 0 atom stereocenters. The number of morpholine rings is 1. The first kappa shape index (κ1) is 12.8. The van der Waals surface area contributed by atoms with E-state index >= 15 is 0 Å². The second kappa shape index (κ2) is 5.47. The highest BCUT2D eigenvalue weighted by Gasteiger charge is 2.14. The molecule has 4 heteroatoms. The van der Waals surface area contributed by atoms with E-state index in [1.54, 1.807) is 0 Å². The van der Waals surface area contributed by atoms with Gasteiger partial charge < -0.3 is 4.74 Å². The molecule has 2 aliphatic rings.